The molecule has 0 radical (unpaired) electrons. The second-order valence-electron chi connectivity index (χ2n) is 10.3. The van der Waals surface area contributed by atoms with E-state index < -0.39 is 11.9 Å². The molecule has 0 aliphatic heterocycles. The van der Waals surface area contributed by atoms with E-state index >= 15 is 0 Å². The van der Waals surface area contributed by atoms with Crippen LogP contribution in [0.4, 0.5) is 0 Å². The molecule has 0 N–H and O–H groups in total. The molecule has 3 aromatic carbocycles. The van der Waals surface area contributed by atoms with Crippen molar-refractivity contribution >= 4 is 38.6 Å². The van der Waals surface area contributed by atoms with E-state index in [1.54, 1.807) is 18.2 Å². The van der Waals surface area contributed by atoms with Crippen LogP contribution in [0.1, 0.15) is 46.0 Å². The number of ether oxygens (including phenoxy) is 2. The number of pyridine rings is 2. The Bertz CT molecular complexity index is 1800. The van der Waals surface area contributed by atoms with Gasteiger partial charge in [-0.3, -0.25) is 9.36 Å². The topological polar surface area (TPSA) is 87.5 Å². The van der Waals surface area contributed by atoms with Crippen molar-refractivity contribution in [2.24, 2.45) is 5.92 Å². The fraction of sp³-hybridized carbons (Fsp3) is 0.176. The highest BCUT2D eigenvalue weighted by atomic mass is 79.9. The molecular formula is C34H29BrN2O5. The summed E-state index contributed by atoms with van der Waals surface area (Å²) in [5.41, 5.74) is 2.78. The van der Waals surface area contributed by atoms with Crippen LogP contribution in [0.25, 0.3) is 21.9 Å². The van der Waals surface area contributed by atoms with Gasteiger partial charge in [-0.15, -0.1) is 0 Å². The lowest BCUT2D eigenvalue weighted by atomic mass is 9.96. The Balaban J connectivity index is 1.59. The third-order valence-corrected chi connectivity index (χ3v) is 7.12. The van der Waals surface area contributed by atoms with Crippen LogP contribution in [0.15, 0.2) is 106 Å². The van der Waals surface area contributed by atoms with Gasteiger partial charge in [-0.2, -0.15) is 0 Å². The van der Waals surface area contributed by atoms with E-state index in [0.29, 0.717) is 21.9 Å². The van der Waals surface area contributed by atoms with Crippen LogP contribution >= 0.6 is 15.9 Å². The summed E-state index contributed by atoms with van der Waals surface area (Å²) in [6.07, 6.45) is 1.48. The third kappa shape index (κ3) is 6.50. The number of hydrogen-bond acceptors (Lipinski definition) is 6. The van der Waals surface area contributed by atoms with E-state index in [-0.39, 0.29) is 42.6 Å². The molecule has 7 nitrogen and oxygen atoms in total. The van der Waals surface area contributed by atoms with E-state index in [9.17, 15) is 14.4 Å². The second-order valence-corrected chi connectivity index (χ2v) is 11.2. The second kappa shape index (κ2) is 13.0. The van der Waals surface area contributed by atoms with Gasteiger partial charge >= 0.3 is 11.9 Å². The van der Waals surface area contributed by atoms with Crippen molar-refractivity contribution < 1.29 is 19.1 Å². The van der Waals surface area contributed by atoms with Crippen LogP contribution in [0, 0.1) is 5.92 Å². The highest BCUT2D eigenvalue weighted by Crippen LogP contribution is 2.33. The summed E-state index contributed by atoms with van der Waals surface area (Å²) in [6, 6.07) is 27.6. The van der Waals surface area contributed by atoms with E-state index in [2.05, 4.69) is 20.9 Å². The Morgan fingerprint density at radius 1 is 0.833 bits per heavy atom. The van der Waals surface area contributed by atoms with Crippen LogP contribution in [-0.2, 0) is 22.6 Å². The molecule has 5 rings (SSSR count). The Kier molecular flexibility index (Phi) is 8.93. The van der Waals surface area contributed by atoms with Gasteiger partial charge in [-0.25, -0.2) is 14.6 Å². The average Bonchev–Trinajstić information content (AvgIpc) is 3.00. The molecule has 0 fully saturated rings. The SMILES string of the molecule is CC(C)COC(=O)c1cc(COC(=O)c2c(-c3ccccc3)c3cc(Br)ccc3c(=O)n2Cc2ccccc2)ccn1. The molecule has 2 aromatic heterocycles. The van der Waals surface area contributed by atoms with Gasteiger partial charge in [0.2, 0.25) is 0 Å². The van der Waals surface area contributed by atoms with Crippen molar-refractivity contribution in [2.45, 2.75) is 27.0 Å². The van der Waals surface area contributed by atoms with E-state index in [4.69, 9.17) is 9.47 Å². The van der Waals surface area contributed by atoms with E-state index in [1.807, 2.05) is 86.6 Å². The third-order valence-electron chi connectivity index (χ3n) is 6.62. The maximum atomic E-state index is 14.0. The Hall–Kier alpha value is -4.56. The first kappa shape index (κ1) is 29.0. The van der Waals surface area contributed by atoms with Crippen molar-refractivity contribution in [1.82, 2.24) is 9.55 Å². The molecule has 0 atom stereocenters. The number of carbonyl (C=O) groups excluding carboxylic acids is 2. The molecule has 0 unspecified atom stereocenters. The first-order chi connectivity index (χ1) is 20.3. The number of rotatable bonds is 9. The number of halogens is 1. The maximum Gasteiger partial charge on any atom is 0.356 e. The summed E-state index contributed by atoms with van der Waals surface area (Å²) in [5, 5.41) is 1.12. The molecule has 42 heavy (non-hydrogen) atoms. The Morgan fingerprint density at radius 2 is 1.55 bits per heavy atom. The fourth-order valence-corrected chi connectivity index (χ4v) is 5.02. The summed E-state index contributed by atoms with van der Waals surface area (Å²) in [4.78, 5) is 44.5. The lowest BCUT2D eigenvalue weighted by Gasteiger charge is -2.20. The minimum atomic E-state index is -0.662. The quantitative estimate of drug-likeness (QED) is 0.163. The molecule has 5 aromatic rings. The van der Waals surface area contributed by atoms with Crippen LogP contribution < -0.4 is 5.56 Å². The molecular weight excluding hydrogens is 596 g/mol. The smallest absolute Gasteiger partial charge is 0.356 e. The highest BCUT2D eigenvalue weighted by Gasteiger charge is 2.25. The number of benzene rings is 3. The number of carbonyl (C=O) groups is 2. The largest absolute Gasteiger partial charge is 0.461 e. The number of esters is 2. The average molecular weight is 626 g/mol. The van der Waals surface area contributed by atoms with Crippen molar-refractivity contribution in [2.75, 3.05) is 6.61 Å². The molecule has 8 heteroatoms. The molecule has 0 amide bonds. The number of hydrogen-bond donors (Lipinski definition) is 0. The monoisotopic (exact) mass is 624 g/mol. The zero-order chi connectivity index (χ0) is 29.6. The van der Waals surface area contributed by atoms with Gasteiger partial charge in [0.05, 0.1) is 13.2 Å². The van der Waals surface area contributed by atoms with E-state index in [1.165, 1.54) is 10.8 Å². The summed E-state index contributed by atoms with van der Waals surface area (Å²) in [6.45, 7) is 4.22. The van der Waals surface area contributed by atoms with Gasteiger partial charge in [0.1, 0.15) is 18.0 Å². The lowest BCUT2D eigenvalue weighted by Crippen LogP contribution is -2.29. The van der Waals surface area contributed by atoms with Crippen molar-refractivity contribution in [3.8, 4) is 11.1 Å². The van der Waals surface area contributed by atoms with E-state index in [0.717, 1.165) is 15.6 Å². The van der Waals surface area contributed by atoms with Gasteiger partial charge in [-0.1, -0.05) is 90.4 Å². The molecule has 212 valence electrons. The normalized spacial score (nSPS) is 11.0. The summed E-state index contributed by atoms with van der Waals surface area (Å²) >= 11 is 3.53. The predicted molar refractivity (Wildman–Crippen MR) is 165 cm³/mol. The molecule has 0 aliphatic rings. The first-order valence-electron chi connectivity index (χ1n) is 13.6. The minimum Gasteiger partial charge on any atom is -0.461 e. The first-order valence-corrected chi connectivity index (χ1v) is 14.4. The van der Waals surface area contributed by atoms with Crippen LogP contribution in [0.3, 0.4) is 0 Å². The molecule has 0 aliphatic carbocycles. The van der Waals surface area contributed by atoms with Crippen molar-refractivity contribution in [3.63, 3.8) is 0 Å². The van der Waals surface area contributed by atoms with Gasteiger partial charge in [-0.05, 0) is 58.3 Å². The fourth-order valence-electron chi connectivity index (χ4n) is 4.65. The molecule has 0 saturated heterocycles. The zero-order valence-electron chi connectivity index (χ0n) is 23.2. The highest BCUT2D eigenvalue weighted by molar-refractivity contribution is 9.10. The maximum absolute atomic E-state index is 14.0. The zero-order valence-corrected chi connectivity index (χ0v) is 24.8. The van der Waals surface area contributed by atoms with Crippen LogP contribution in [0.5, 0.6) is 0 Å². The number of nitrogens with zero attached hydrogens (tertiary/aromatic N) is 2. The molecule has 0 spiro atoms. The number of fused-ring (bicyclic) bond motifs is 1. The van der Waals surface area contributed by atoms with Gasteiger partial charge in [0, 0.05) is 21.6 Å². The van der Waals surface area contributed by atoms with Gasteiger partial charge in [0.25, 0.3) is 5.56 Å². The number of aromatic nitrogens is 2. The summed E-state index contributed by atoms with van der Waals surface area (Å²) < 4.78 is 13.4. The van der Waals surface area contributed by atoms with Gasteiger partial charge < -0.3 is 9.47 Å². The summed E-state index contributed by atoms with van der Waals surface area (Å²) in [5.74, 6) is -1.02. The molecule has 0 saturated carbocycles. The van der Waals surface area contributed by atoms with Crippen molar-refractivity contribution in [3.05, 3.63) is 135 Å². The minimum absolute atomic E-state index is 0.129. The van der Waals surface area contributed by atoms with Crippen LogP contribution in [-0.4, -0.2) is 28.1 Å². The van der Waals surface area contributed by atoms with Crippen LogP contribution in [0.2, 0.25) is 0 Å². The van der Waals surface area contributed by atoms with Gasteiger partial charge in [0.15, 0.2) is 0 Å². The van der Waals surface area contributed by atoms with Crippen molar-refractivity contribution in [1.29, 1.82) is 0 Å². The Morgan fingerprint density at radius 3 is 2.26 bits per heavy atom. The molecule has 0 bridgehead atoms. The Labute approximate surface area is 251 Å². The summed E-state index contributed by atoms with van der Waals surface area (Å²) in [7, 11) is 0. The molecule has 2 heterocycles. The lowest BCUT2D eigenvalue weighted by molar-refractivity contribution is 0.0451. The predicted octanol–water partition coefficient (Wildman–Crippen LogP) is 7.04. The standard InChI is InChI=1S/C34H29BrN2O5/c1-22(2)20-41-33(39)29-17-24(15-16-36-29)21-42-34(40)31-30(25-11-7-4-8-12-25)28-18-26(35)13-14-27(28)32(38)37(31)19-23-9-5-3-6-10-23/h3-18,22H,19-21H2,1-2H3.